The van der Waals surface area contributed by atoms with Gasteiger partial charge in [0.25, 0.3) is 0 Å². The first-order chi connectivity index (χ1) is 9.49. The molecule has 0 bridgehead atoms. The molecule has 0 unspecified atom stereocenters. The van der Waals surface area contributed by atoms with Crippen LogP contribution in [0.1, 0.15) is 36.0 Å². The summed E-state index contributed by atoms with van der Waals surface area (Å²) in [5.41, 5.74) is 0.337. The van der Waals surface area contributed by atoms with Gasteiger partial charge in [-0.15, -0.1) is 0 Å². The van der Waals surface area contributed by atoms with E-state index in [9.17, 15) is 14.4 Å². The van der Waals surface area contributed by atoms with E-state index in [-0.39, 0.29) is 29.2 Å². The highest BCUT2D eigenvalue weighted by Crippen LogP contribution is 2.23. The Kier molecular flexibility index (Phi) is 4.78. The summed E-state index contributed by atoms with van der Waals surface area (Å²) in [7, 11) is 0. The van der Waals surface area contributed by atoms with Gasteiger partial charge in [-0.05, 0) is 31.0 Å². The summed E-state index contributed by atoms with van der Waals surface area (Å²) in [4.78, 5) is 36.8. The molecule has 106 valence electrons. The van der Waals surface area contributed by atoms with Crippen molar-refractivity contribution in [3.63, 3.8) is 0 Å². The molecule has 1 fully saturated rings. The van der Waals surface area contributed by atoms with Crippen LogP contribution in [0.2, 0.25) is 10.0 Å². The van der Waals surface area contributed by atoms with E-state index in [0.717, 1.165) is 4.90 Å². The van der Waals surface area contributed by atoms with Gasteiger partial charge in [-0.1, -0.05) is 23.2 Å². The van der Waals surface area contributed by atoms with E-state index in [1.165, 1.54) is 18.2 Å². The number of benzene rings is 1. The molecule has 0 atom stereocenters. The number of ketones is 1. The number of hydrogen-bond donors (Lipinski definition) is 0. The van der Waals surface area contributed by atoms with Crippen LogP contribution in [0, 0.1) is 0 Å². The molecule has 0 N–H and O–H groups in total. The van der Waals surface area contributed by atoms with Crippen LogP contribution in [-0.2, 0) is 9.59 Å². The summed E-state index contributed by atoms with van der Waals surface area (Å²) < 4.78 is 0. The fourth-order valence-corrected chi connectivity index (χ4v) is 2.34. The molecule has 4 nitrogen and oxygen atoms in total. The SMILES string of the molecule is O=C(CN1C(=O)CCCCC1=O)c1ccc(Cl)c(Cl)c1. The molecule has 20 heavy (non-hydrogen) atoms. The van der Waals surface area contributed by atoms with Gasteiger partial charge >= 0.3 is 0 Å². The molecule has 0 radical (unpaired) electrons. The van der Waals surface area contributed by atoms with E-state index < -0.39 is 0 Å². The normalized spacial score (nSPS) is 16.2. The molecule has 2 rings (SSSR count). The van der Waals surface area contributed by atoms with Gasteiger partial charge in [0, 0.05) is 18.4 Å². The Hall–Kier alpha value is -1.39. The number of carbonyl (C=O) groups is 3. The average molecular weight is 314 g/mol. The van der Waals surface area contributed by atoms with E-state index in [0.29, 0.717) is 36.3 Å². The standard InChI is InChI=1S/C14H13Cl2NO3/c15-10-6-5-9(7-11(10)16)12(18)8-17-13(19)3-1-2-4-14(17)20/h5-7H,1-4,8H2. The Bertz CT molecular complexity index is 554. The minimum atomic E-state index is -0.327. The molecule has 1 heterocycles. The first-order valence-electron chi connectivity index (χ1n) is 6.30. The number of halogens is 2. The number of imide groups is 1. The third-order valence-electron chi connectivity index (χ3n) is 3.18. The summed E-state index contributed by atoms with van der Waals surface area (Å²) >= 11 is 11.6. The highest BCUT2D eigenvalue weighted by Gasteiger charge is 2.26. The Morgan fingerprint density at radius 3 is 2.20 bits per heavy atom. The first-order valence-corrected chi connectivity index (χ1v) is 7.06. The van der Waals surface area contributed by atoms with Crippen molar-refractivity contribution in [3.8, 4) is 0 Å². The number of rotatable bonds is 3. The van der Waals surface area contributed by atoms with Gasteiger partial charge in [0.1, 0.15) is 0 Å². The van der Waals surface area contributed by atoms with E-state index in [1.54, 1.807) is 0 Å². The van der Waals surface area contributed by atoms with Gasteiger partial charge in [0.2, 0.25) is 11.8 Å². The van der Waals surface area contributed by atoms with Crippen LogP contribution < -0.4 is 0 Å². The molecule has 0 aromatic heterocycles. The Morgan fingerprint density at radius 1 is 1.05 bits per heavy atom. The Labute approximate surface area is 126 Å². The lowest BCUT2D eigenvalue weighted by Gasteiger charge is -2.17. The molecule has 2 amide bonds. The largest absolute Gasteiger partial charge is 0.292 e. The second-order valence-electron chi connectivity index (χ2n) is 4.63. The average Bonchev–Trinajstić information content (AvgIpc) is 2.57. The molecule has 6 heteroatoms. The van der Waals surface area contributed by atoms with Crippen LogP contribution in [0.3, 0.4) is 0 Å². The van der Waals surface area contributed by atoms with Gasteiger partial charge in [0.05, 0.1) is 16.6 Å². The minimum Gasteiger partial charge on any atom is -0.292 e. The lowest BCUT2D eigenvalue weighted by atomic mass is 10.1. The van der Waals surface area contributed by atoms with Gasteiger partial charge in [-0.3, -0.25) is 19.3 Å². The second kappa shape index (κ2) is 6.37. The quantitative estimate of drug-likeness (QED) is 0.636. The number of carbonyl (C=O) groups excluding carboxylic acids is 3. The van der Waals surface area contributed by atoms with Crippen molar-refractivity contribution in [1.29, 1.82) is 0 Å². The zero-order chi connectivity index (χ0) is 14.7. The maximum atomic E-state index is 12.1. The smallest absolute Gasteiger partial charge is 0.229 e. The summed E-state index contributed by atoms with van der Waals surface area (Å²) in [6.45, 7) is -0.240. The lowest BCUT2D eigenvalue weighted by Crippen LogP contribution is -2.39. The minimum absolute atomic E-state index is 0.240. The van der Waals surface area contributed by atoms with Gasteiger partial charge < -0.3 is 0 Å². The monoisotopic (exact) mass is 313 g/mol. The van der Waals surface area contributed by atoms with Gasteiger partial charge in [0.15, 0.2) is 5.78 Å². The Balaban J connectivity index is 2.15. The van der Waals surface area contributed by atoms with Crippen molar-refractivity contribution in [3.05, 3.63) is 33.8 Å². The second-order valence-corrected chi connectivity index (χ2v) is 5.45. The molecule has 1 aromatic carbocycles. The first kappa shape index (κ1) is 15.0. The van der Waals surface area contributed by atoms with Crippen LogP contribution in [0.5, 0.6) is 0 Å². The van der Waals surface area contributed by atoms with E-state index in [4.69, 9.17) is 23.2 Å². The summed E-state index contributed by atoms with van der Waals surface area (Å²) in [5, 5.41) is 0.621. The van der Waals surface area contributed by atoms with Crippen LogP contribution >= 0.6 is 23.2 Å². The fraction of sp³-hybridized carbons (Fsp3) is 0.357. The number of likely N-dealkylation sites (tertiary alicyclic amines) is 1. The van der Waals surface area contributed by atoms with Gasteiger partial charge in [-0.25, -0.2) is 0 Å². The van der Waals surface area contributed by atoms with Crippen molar-refractivity contribution in [2.24, 2.45) is 0 Å². The molecule has 0 spiro atoms. The molecule has 0 saturated carbocycles. The molecule has 1 aliphatic rings. The zero-order valence-electron chi connectivity index (χ0n) is 10.7. The summed E-state index contributed by atoms with van der Waals surface area (Å²) in [5.74, 6) is -0.908. The molecule has 1 aliphatic heterocycles. The van der Waals surface area contributed by atoms with Crippen molar-refractivity contribution in [2.45, 2.75) is 25.7 Å². The van der Waals surface area contributed by atoms with E-state index >= 15 is 0 Å². The van der Waals surface area contributed by atoms with Crippen molar-refractivity contribution < 1.29 is 14.4 Å². The number of nitrogens with zero attached hydrogens (tertiary/aromatic N) is 1. The predicted octanol–water partition coefficient (Wildman–Crippen LogP) is 3.11. The number of Topliss-reactive ketones (excluding diaryl/α,β-unsaturated/α-hetero) is 1. The van der Waals surface area contributed by atoms with Crippen LogP contribution in [0.25, 0.3) is 0 Å². The topological polar surface area (TPSA) is 54.5 Å². The van der Waals surface area contributed by atoms with E-state index in [1.807, 2.05) is 0 Å². The molecular weight excluding hydrogens is 301 g/mol. The van der Waals surface area contributed by atoms with E-state index in [2.05, 4.69) is 0 Å². The summed E-state index contributed by atoms with van der Waals surface area (Å²) in [6.07, 6.45) is 1.98. The highest BCUT2D eigenvalue weighted by molar-refractivity contribution is 6.42. The Morgan fingerprint density at radius 2 is 1.65 bits per heavy atom. The highest BCUT2D eigenvalue weighted by atomic mass is 35.5. The molecule has 1 saturated heterocycles. The molecule has 1 aromatic rings. The third-order valence-corrected chi connectivity index (χ3v) is 3.92. The van der Waals surface area contributed by atoms with Crippen molar-refractivity contribution in [1.82, 2.24) is 4.90 Å². The maximum Gasteiger partial charge on any atom is 0.229 e. The number of amides is 2. The van der Waals surface area contributed by atoms with Gasteiger partial charge in [-0.2, -0.15) is 0 Å². The zero-order valence-corrected chi connectivity index (χ0v) is 12.2. The molecule has 0 aliphatic carbocycles. The van der Waals surface area contributed by atoms with Crippen LogP contribution in [-0.4, -0.2) is 29.0 Å². The third kappa shape index (κ3) is 3.38. The van der Waals surface area contributed by atoms with Crippen molar-refractivity contribution in [2.75, 3.05) is 6.54 Å². The predicted molar refractivity (Wildman–Crippen MR) is 76.0 cm³/mol. The van der Waals surface area contributed by atoms with Crippen molar-refractivity contribution >= 4 is 40.8 Å². The van der Waals surface area contributed by atoms with Crippen LogP contribution in [0.4, 0.5) is 0 Å². The number of hydrogen-bond acceptors (Lipinski definition) is 3. The fourth-order valence-electron chi connectivity index (χ4n) is 2.04. The van der Waals surface area contributed by atoms with Crippen LogP contribution in [0.15, 0.2) is 18.2 Å². The summed E-state index contributed by atoms with van der Waals surface area (Å²) in [6, 6.07) is 4.49. The lowest BCUT2D eigenvalue weighted by molar-refractivity contribution is -0.143. The maximum absolute atomic E-state index is 12.1. The molecular formula is C14H13Cl2NO3.